The first-order chi connectivity index (χ1) is 7.05. The standard InChI is InChI=1S/C10H16F2N2O/c11-10(12)3-5-14(6-4-10)7-8-1-2-9(15)13-8/h8H,1-7H2,(H,13,15). The summed E-state index contributed by atoms with van der Waals surface area (Å²) in [6.07, 6.45) is 1.32. The van der Waals surface area contributed by atoms with E-state index in [4.69, 9.17) is 0 Å². The lowest BCUT2D eigenvalue weighted by molar-refractivity contribution is -0.119. The van der Waals surface area contributed by atoms with Gasteiger partial charge < -0.3 is 10.2 Å². The van der Waals surface area contributed by atoms with Crippen molar-refractivity contribution < 1.29 is 13.6 Å². The van der Waals surface area contributed by atoms with Gasteiger partial charge in [-0.1, -0.05) is 0 Å². The van der Waals surface area contributed by atoms with E-state index in [2.05, 4.69) is 5.32 Å². The van der Waals surface area contributed by atoms with E-state index >= 15 is 0 Å². The van der Waals surface area contributed by atoms with Crippen molar-refractivity contribution in [3.63, 3.8) is 0 Å². The van der Waals surface area contributed by atoms with Crippen LogP contribution in [0.15, 0.2) is 0 Å². The number of nitrogens with one attached hydrogen (secondary N) is 1. The lowest BCUT2D eigenvalue weighted by atomic mass is 10.1. The Labute approximate surface area is 87.8 Å². The molecule has 0 bridgehead atoms. The summed E-state index contributed by atoms with van der Waals surface area (Å²) in [5.41, 5.74) is 0. The van der Waals surface area contributed by atoms with Gasteiger partial charge >= 0.3 is 0 Å². The van der Waals surface area contributed by atoms with Gasteiger partial charge in [0.1, 0.15) is 0 Å². The Balaban J connectivity index is 1.75. The monoisotopic (exact) mass is 218 g/mol. The molecule has 1 N–H and O–H groups in total. The third-order valence-corrected chi connectivity index (χ3v) is 3.15. The lowest BCUT2D eigenvalue weighted by Crippen LogP contribution is -2.45. The molecule has 0 aromatic carbocycles. The van der Waals surface area contributed by atoms with Gasteiger partial charge in [-0.05, 0) is 6.42 Å². The molecule has 0 spiro atoms. The van der Waals surface area contributed by atoms with Gasteiger partial charge in [-0.25, -0.2) is 8.78 Å². The van der Waals surface area contributed by atoms with Crippen molar-refractivity contribution in [1.82, 2.24) is 10.2 Å². The Hall–Kier alpha value is -0.710. The summed E-state index contributed by atoms with van der Waals surface area (Å²) in [7, 11) is 0. The van der Waals surface area contributed by atoms with E-state index in [0.717, 1.165) is 13.0 Å². The fourth-order valence-electron chi connectivity index (χ4n) is 2.19. The molecule has 5 heteroatoms. The van der Waals surface area contributed by atoms with E-state index in [0.29, 0.717) is 19.5 Å². The summed E-state index contributed by atoms with van der Waals surface area (Å²) in [6.45, 7) is 1.61. The first-order valence-corrected chi connectivity index (χ1v) is 5.45. The van der Waals surface area contributed by atoms with Crippen molar-refractivity contribution >= 4 is 5.91 Å². The number of alkyl halides is 2. The number of hydrogen-bond acceptors (Lipinski definition) is 2. The molecule has 3 nitrogen and oxygen atoms in total. The van der Waals surface area contributed by atoms with Crippen molar-refractivity contribution in [2.75, 3.05) is 19.6 Å². The fourth-order valence-corrected chi connectivity index (χ4v) is 2.19. The summed E-state index contributed by atoms with van der Waals surface area (Å²) in [4.78, 5) is 13.0. The number of likely N-dealkylation sites (tertiary alicyclic amines) is 1. The molecule has 0 saturated carbocycles. The number of carbonyl (C=O) groups excluding carboxylic acids is 1. The smallest absolute Gasteiger partial charge is 0.250 e. The molecule has 2 rings (SSSR count). The minimum absolute atomic E-state index is 0.0479. The SMILES string of the molecule is O=C1CCC(CN2CCC(F)(F)CC2)N1. The van der Waals surface area contributed by atoms with Crippen molar-refractivity contribution in [3.05, 3.63) is 0 Å². The predicted octanol–water partition coefficient (Wildman–Crippen LogP) is 0.996. The van der Waals surface area contributed by atoms with E-state index < -0.39 is 5.92 Å². The van der Waals surface area contributed by atoms with E-state index in [9.17, 15) is 13.6 Å². The minimum Gasteiger partial charge on any atom is -0.352 e. The van der Waals surface area contributed by atoms with Crippen LogP contribution in [0, 0.1) is 0 Å². The number of carbonyl (C=O) groups is 1. The quantitative estimate of drug-likeness (QED) is 0.749. The van der Waals surface area contributed by atoms with Crippen molar-refractivity contribution in [2.24, 2.45) is 0 Å². The second-order valence-electron chi connectivity index (χ2n) is 4.46. The normalized spacial score (nSPS) is 31.6. The Morgan fingerprint density at radius 1 is 1.40 bits per heavy atom. The molecule has 2 heterocycles. The van der Waals surface area contributed by atoms with Crippen LogP contribution in [-0.2, 0) is 4.79 Å². The van der Waals surface area contributed by atoms with Crippen LogP contribution in [0.25, 0.3) is 0 Å². The summed E-state index contributed by atoms with van der Waals surface area (Å²) in [5.74, 6) is -2.39. The van der Waals surface area contributed by atoms with Crippen LogP contribution in [0.1, 0.15) is 25.7 Å². The Bertz CT molecular complexity index is 248. The van der Waals surface area contributed by atoms with E-state index in [-0.39, 0.29) is 24.8 Å². The molecular formula is C10H16F2N2O. The first-order valence-electron chi connectivity index (χ1n) is 5.45. The first kappa shape index (κ1) is 10.8. The van der Waals surface area contributed by atoms with Crippen LogP contribution >= 0.6 is 0 Å². The molecule has 0 aromatic heterocycles. The third kappa shape index (κ3) is 2.87. The predicted molar refractivity (Wildman–Crippen MR) is 51.8 cm³/mol. The van der Waals surface area contributed by atoms with Crippen molar-refractivity contribution in [1.29, 1.82) is 0 Å². The third-order valence-electron chi connectivity index (χ3n) is 3.15. The summed E-state index contributed by atoms with van der Waals surface area (Å²) < 4.78 is 25.7. The number of rotatable bonds is 2. The van der Waals surface area contributed by atoms with Crippen LogP contribution in [0.4, 0.5) is 8.78 Å². The molecule has 86 valence electrons. The Morgan fingerprint density at radius 2 is 2.07 bits per heavy atom. The van der Waals surface area contributed by atoms with E-state index in [1.165, 1.54) is 0 Å². The highest BCUT2D eigenvalue weighted by Gasteiger charge is 2.35. The van der Waals surface area contributed by atoms with E-state index in [1.807, 2.05) is 4.90 Å². The number of hydrogen-bond donors (Lipinski definition) is 1. The van der Waals surface area contributed by atoms with Crippen molar-refractivity contribution in [2.45, 2.75) is 37.6 Å². The maximum Gasteiger partial charge on any atom is 0.250 e. The molecule has 2 saturated heterocycles. The maximum atomic E-state index is 12.9. The zero-order valence-corrected chi connectivity index (χ0v) is 8.64. The van der Waals surface area contributed by atoms with Gasteiger partial charge in [0.15, 0.2) is 0 Å². The second-order valence-corrected chi connectivity index (χ2v) is 4.46. The highest BCUT2D eigenvalue weighted by Crippen LogP contribution is 2.27. The molecular weight excluding hydrogens is 202 g/mol. The molecule has 2 fully saturated rings. The van der Waals surface area contributed by atoms with Gasteiger partial charge in [0.25, 0.3) is 5.92 Å². The van der Waals surface area contributed by atoms with Gasteiger partial charge in [0.2, 0.25) is 5.91 Å². The fraction of sp³-hybridized carbons (Fsp3) is 0.900. The zero-order valence-electron chi connectivity index (χ0n) is 8.64. The average Bonchev–Trinajstić information content (AvgIpc) is 2.55. The summed E-state index contributed by atoms with van der Waals surface area (Å²) in [6, 6.07) is 0.171. The molecule has 1 unspecified atom stereocenters. The minimum atomic E-state index is -2.48. The number of amides is 1. The van der Waals surface area contributed by atoms with E-state index in [1.54, 1.807) is 0 Å². The Kier molecular flexibility index (Phi) is 2.91. The lowest BCUT2D eigenvalue weighted by Gasteiger charge is -2.33. The van der Waals surface area contributed by atoms with Crippen molar-refractivity contribution in [3.8, 4) is 0 Å². The number of halogens is 2. The highest BCUT2D eigenvalue weighted by atomic mass is 19.3. The van der Waals surface area contributed by atoms with Gasteiger partial charge in [-0.15, -0.1) is 0 Å². The van der Waals surface area contributed by atoms with Gasteiger partial charge in [-0.2, -0.15) is 0 Å². The van der Waals surface area contributed by atoms with Crippen LogP contribution < -0.4 is 5.32 Å². The topological polar surface area (TPSA) is 32.3 Å². The largest absolute Gasteiger partial charge is 0.352 e. The van der Waals surface area contributed by atoms with Gasteiger partial charge in [-0.3, -0.25) is 4.79 Å². The van der Waals surface area contributed by atoms with Crippen LogP contribution in [0.3, 0.4) is 0 Å². The molecule has 1 amide bonds. The van der Waals surface area contributed by atoms with Gasteiger partial charge in [0, 0.05) is 44.9 Å². The maximum absolute atomic E-state index is 12.9. The summed E-state index contributed by atoms with van der Waals surface area (Å²) in [5, 5.41) is 2.85. The second kappa shape index (κ2) is 4.04. The molecule has 2 aliphatic rings. The molecule has 15 heavy (non-hydrogen) atoms. The molecule has 2 aliphatic heterocycles. The highest BCUT2D eigenvalue weighted by molar-refractivity contribution is 5.78. The molecule has 0 radical (unpaired) electrons. The molecule has 0 aromatic rings. The summed E-state index contributed by atoms with van der Waals surface area (Å²) >= 11 is 0. The molecule has 1 atom stereocenters. The molecule has 0 aliphatic carbocycles. The van der Waals surface area contributed by atoms with Crippen LogP contribution in [0.2, 0.25) is 0 Å². The Morgan fingerprint density at radius 3 is 2.60 bits per heavy atom. The van der Waals surface area contributed by atoms with Crippen LogP contribution in [-0.4, -0.2) is 42.4 Å². The number of piperidine rings is 1. The van der Waals surface area contributed by atoms with Crippen LogP contribution in [0.5, 0.6) is 0 Å². The average molecular weight is 218 g/mol. The number of nitrogens with zero attached hydrogens (tertiary/aromatic N) is 1. The van der Waals surface area contributed by atoms with Gasteiger partial charge in [0.05, 0.1) is 0 Å². The zero-order chi connectivity index (χ0) is 10.9.